The predicted molar refractivity (Wildman–Crippen MR) is 89.2 cm³/mol. The Kier molecular flexibility index (Phi) is 5.94. The van der Waals surface area contributed by atoms with Gasteiger partial charge in [-0.3, -0.25) is 9.56 Å². The van der Waals surface area contributed by atoms with Gasteiger partial charge in [0.1, 0.15) is 11.6 Å². The van der Waals surface area contributed by atoms with Gasteiger partial charge in [0.15, 0.2) is 5.96 Å². The summed E-state index contributed by atoms with van der Waals surface area (Å²) in [5.41, 5.74) is 1.11. The van der Waals surface area contributed by atoms with Crippen LogP contribution in [0.5, 0.6) is 0 Å². The number of unbranched alkanes of at least 4 members (excludes halogenated alkanes) is 1. The summed E-state index contributed by atoms with van der Waals surface area (Å²) in [6, 6.07) is 4.06. The molecule has 22 heavy (non-hydrogen) atoms. The van der Waals surface area contributed by atoms with Crippen LogP contribution in [0.15, 0.2) is 35.7 Å². The molecular weight excluding hydrogens is 276 g/mol. The quantitative estimate of drug-likeness (QED) is 0.487. The molecule has 6 heteroatoms. The van der Waals surface area contributed by atoms with E-state index in [1.165, 1.54) is 6.42 Å². The standard InChI is InChI=1S/C16H24N6/c1-4-5-8-19-16(17-3)21-12-14-6-7-15(20-11-14)22-10-9-18-13(22)2/h6-7,9-11H,4-5,8,12H2,1-3H3,(H2,17,19,21). The van der Waals surface area contributed by atoms with Crippen molar-refractivity contribution in [3.63, 3.8) is 0 Å². The summed E-state index contributed by atoms with van der Waals surface area (Å²) in [6.45, 7) is 5.77. The highest BCUT2D eigenvalue weighted by Crippen LogP contribution is 2.08. The van der Waals surface area contributed by atoms with Gasteiger partial charge in [-0.25, -0.2) is 9.97 Å². The fraction of sp³-hybridized carbons (Fsp3) is 0.438. The van der Waals surface area contributed by atoms with Gasteiger partial charge in [-0.2, -0.15) is 0 Å². The van der Waals surface area contributed by atoms with Crippen molar-refractivity contribution < 1.29 is 0 Å². The minimum absolute atomic E-state index is 0.696. The Bertz CT molecular complexity index is 599. The zero-order valence-corrected chi connectivity index (χ0v) is 13.5. The average molecular weight is 300 g/mol. The number of nitrogens with zero attached hydrogens (tertiary/aromatic N) is 4. The van der Waals surface area contributed by atoms with Crippen molar-refractivity contribution in [2.75, 3.05) is 13.6 Å². The van der Waals surface area contributed by atoms with E-state index in [9.17, 15) is 0 Å². The van der Waals surface area contributed by atoms with Crippen LogP contribution in [0.4, 0.5) is 0 Å². The van der Waals surface area contributed by atoms with E-state index in [2.05, 4.69) is 38.6 Å². The van der Waals surface area contributed by atoms with Crippen molar-refractivity contribution in [2.45, 2.75) is 33.2 Å². The lowest BCUT2D eigenvalue weighted by Crippen LogP contribution is -2.37. The van der Waals surface area contributed by atoms with Crippen LogP contribution in [0.1, 0.15) is 31.2 Å². The highest BCUT2D eigenvalue weighted by atomic mass is 15.2. The Hall–Kier alpha value is -2.37. The molecule has 2 rings (SSSR count). The molecule has 0 aromatic carbocycles. The minimum atomic E-state index is 0.696. The molecule has 0 bridgehead atoms. The molecule has 0 radical (unpaired) electrons. The van der Waals surface area contributed by atoms with Crippen LogP contribution in [-0.4, -0.2) is 34.1 Å². The van der Waals surface area contributed by atoms with Gasteiger partial charge in [-0.1, -0.05) is 19.4 Å². The minimum Gasteiger partial charge on any atom is -0.356 e. The number of aromatic nitrogens is 3. The lowest BCUT2D eigenvalue weighted by molar-refractivity contribution is 0.728. The largest absolute Gasteiger partial charge is 0.356 e. The Morgan fingerprint density at radius 1 is 1.27 bits per heavy atom. The maximum Gasteiger partial charge on any atom is 0.191 e. The van der Waals surface area contributed by atoms with Crippen LogP contribution >= 0.6 is 0 Å². The highest BCUT2D eigenvalue weighted by molar-refractivity contribution is 5.79. The fourth-order valence-corrected chi connectivity index (χ4v) is 2.07. The van der Waals surface area contributed by atoms with E-state index in [0.29, 0.717) is 6.54 Å². The number of imidazole rings is 1. The molecule has 0 unspecified atom stereocenters. The van der Waals surface area contributed by atoms with Crippen LogP contribution in [0.25, 0.3) is 5.82 Å². The molecular formula is C16H24N6. The number of hydrogen-bond donors (Lipinski definition) is 2. The third-order valence-electron chi connectivity index (χ3n) is 3.39. The number of aliphatic imine (C=N–C) groups is 1. The van der Waals surface area contributed by atoms with Gasteiger partial charge in [0, 0.05) is 38.7 Å². The van der Waals surface area contributed by atoms with E-state index < -0.39 is 0 Å². The lowest BCUT2D eigenvalue weighted by atomic mass is 10.3. The maximum atomic E-state index is 4.48. The van der Waals surface area contributed by atoms with E-state index in [0.717, 1.165) is 36.1 Å². The summed E-state index contributed by atoms with van der Waals surface area (Å²) in [5.74, 6) is 2.63. The summed E-state index contributed by atoms with van der Waals surface area (Å²) in [6.07, 6.45) is 7.87. The van der Waals surface area contributed by atoms with Gasteiger partial charge in [0.2, 0.25) is 0 Å². The van der Waals surface area contributed by atoms with E-state index >= 15 is 0 Å². The molecule has 0 saturated carbocycles. The summed E-state index contributed by atoms with van der Waals surface area (Å²) < 4.78 is 1.96. The molecule has 0 aliphatic rings. The Balaban J connectivity index is 1.90. The molecule has 0 amide bonds. The van der Waals surface area contributed by atoms with Crippen molar-refractivity contribution in [3.8, 4) is 5.82 Å². The van der Waals surface area contributed by atoms with Crippen LogP contribution < -0.4 is 10.6 Å². The first-order chi connectivity index (χ1) is 10.7. The Morgan fingerprint density at radius 3 is 2.73 bits per heavy atom. The molecule has 2 N–H and O–H groups in total. The van der Waals surface area contributed by atoms with E-state index in [4.69, 9.17) is 0 Å². The third kappa shape index (κ3) is 4.31. The number of pyridine rings is 1. The first-order valence-corrected chi connectivity index (χ1v) is 7.64. The molecule has 0 aliphatic carbocycles. The van der Waals surface area contributed by atoms with Gasteiger partial charge < -0.3 is 10.6 Å². The molecule has 0 saturated heterocycles. The van der Waals surface area contributed by atoms with Gasteiger partial charge in [0.25, 0.3) is 0 Å². The van der Waals surface area contributed by atoms with Crippen molar-refractivity contribution in [2.24, 2.45) is 4.99 Å². The molecule has 2 aromatic heterocycles. The number of hydrogen-bond acceptors (Lipinski definition) is 3. The van der Waals surface area contributed by atoms with E-state index in [1.54, 1.807) is 13.2 Å². The number of rotatable bonds is 6. The maximum absolute atomic E-state index is 4.48. The highest BCUT2D eigenvalue weighted by Gasteiger charge is 2.02. The first kappa shape index (κ1) is 16.0. The zero-order chi connectivity index (χ0) is 15.8. The first-order valence-electron chi connectivity index (χ1n) is 7.64. The van der Waals surface area contributed by atoms with Gasteiger partial charge in [0.05, 0.1) is 0 Å². The topological polar surface area (TPSA) is 67.1 Å². The molecule has 0 atom stereocenters. The molecule has 2 heterocycles. The van der Waals surface area contributed by atoms with Gasteiger partial charge in [-0.05, 0) is 25.0 Å². The van der Waals surface area contributed by atoms with Crippen LogP contribution in [0.2, 0.25) is 0 Å². The molecule has 2 aromatic rings. The summed E-state index contributed by atoms with van der Waals surface area (Å²) in [5, 5.41) is 6.58. The summed E-state index contributed by atoms with van der Waals surface area (Å²) >= 11 is 0. The van der Waals surface area contributed by atoms with E-state index in [1.807, 2.05) is 30.0 Å². The second kappa shape index (κ2) is 8.17. The third-order valence-corrected chi connectivity index (χ3v) is 3.39. The van der Waals surface area contributed by atoms with Gasteiger partial charge in [-0.15, -0.1) is 0 Å². The number of nitrogens with one attached hydrogen (secondary N) is 2. The SMILES string of the molecule is CCCCNC(=NC)NCc1ccc(-n2ccnc2C)nc1. The van der Waals surface area contributed by atoms with Crippen LogP contribution in [0, 0.1) is 6.92 Å². The predicted octanol–water partition coefficient (Wildman–Crippen LogP) is 2.04. The molecule has 0 spiro atoms. The summed E-state index contributed by atoms with van der Waals surface area (Å²) in [4.78, 5) is 12.9. The Labute approximate surface area is 131 Å². The van der Waals surface area contributed by atoms with E-state index in [-0.39, 0.29) is 0 Å². The fourth-order valence-electron chi connectivity index (χ4n) is 2.07. The van der Waals surface area contributed by atoms with Crippen molar-refractivity contribution >= 4 is 5.96 Å². The van der Waals surface area contributed by atoms with Crippen molar-refractivity contribution in [1.82, 2.24) is 25.2 Å². The summed E-state index contributed by atoms with van der Waals surface area (Å²) in [7, 11) is 1.78. The van der Waals surface area contributed by atoms with Crippen LogP contribution in [0.3, 0.4) is 0 Å². The van der Waals surface area contributed by atoms with Gasteiger partial charge >= 0.3 is 0 Å². The molecule has 0 fully saturated rings. The van der Waals surface area contributed by atoms with Crippen LogP contribution in [-0.2, 0) is 6.54 Å². The monoisotopic (exact) mass is 300 g/mol. The average Bonchev–Trinajstić information content (AvgIpc) is 2.97. The normalized spacial score (nSPS) is 11.5. The second-order valence-electron chi connectivity index (χ2n) is 5.08. The number of guanidine groups is 1. The molecule has 6 nitrogen and oxygen atoms in total. The van der Waals surface area contributed by atoms with Crippen molar-refractivity contribution in [1.29, 1.82) is 0 Å². The molecule has 118 valence electrons. The second-order valence-corrected chi connectivity index (χ2v) is 5.08. The zero-order valence-electron chi connectivity index (χ0n) is 13.5. The molecule has 0 aliphatic heterocycles. The smallest absolute Gasteiger partial charge is 0.191 e. The van der Waals surface area contributed by atoms with Crippen molar-refractivity contribution in [3.05, 3.63) is 42.1 Å². The number of aryl methyl sites for hydroxylation is 1. The lowest BCUT2D eigenvalue weighted by Gasteiger charge is -2.11. The Morgan fingerprint density at radius 2 is 2.14 bits per heavy atom.